The first-order chi connectivity index (χ1) is 10.0. The lowest BCUT2D eigenvalue weighted by molar-refractivity contribution is -0.385. The second kappa shape index (κ2) is 6.76. The van der Waals surface area contributed by atoms with Crippen LogP contribution in [0.2, 0.25) is 0 Å². The van der Waals surface area contributed by atoms with Gasteiger partial charge in [0.2, 0.25) is 5.75 Å². The molecule has 21 heavy (non-hydrogen) atoms. The van der Waals surface area contributed by atoms with E-state index in [1.165, 1.54) is 6.07 Å². The van der Waals surface area contributed by atoms with Crippen molar-refractivity contribution in [2.75, 3.05) is 13.2 Å². The quantitative estimate of drug-likeness (QED) is 0.617. The average Bonchev–Trinajstić information content (AvgIpc) is 2.90. The Labute approximate surface area is 124 Å². The molecule has 1 saturated carbocycles. The molecular weight excluding hydrogens is 272 g/mol. The van der Waals surface area contributed by atoms with Crippen molar-refractivity contribution in [3.05, 3.63) is 28.3 Å². The molecule has 2 N–H and O–H groups in total. The third kappa shape index (κ3) is 4.07. The van der Waals surface area contributed by atoms with Crippen LogP contribution in [0.5, 0.6) is 11.5 Å². The zero-order valence-electron chi connectivity index (χ0n) is 12.3. The molecule has 0 saturated heterocycles. The largest absolute Gasteiger partial charge is 0.492 e. The minimum absolute atomic E-state index is 0.0425. The maximum absolute atomic E-state index is 11.0. The Morgan fingerprint density at radius 3 is 2.67 bits per heavy atom. The van der Waals surface area contributed by atoms with Crippen LogP contribution in [0.1, 0.15) is 39.0 Å². The normalized spacial score (nSPS) is 16.7. The van der Waals surface area contributed by atoms with Gasteiger partial charge in [-0.1, -0.05) is 19.8 Å². The van der Waals surface area contributed by atoms with E-state index in [0.29, 0.717) is 19.0 Å². The van der Waals surface area contributed by atoms with Crippen molar-refractivity contribution in [2.45, 2.75) is 44.6 Å². The Bertz CT molecular complexity index is 498. The molecule has 6 nitrogen and oxygen atoms in total. The highest BCUT2D eigenvalue weighted by Gasteiger charge is 2.30. The van der Waals surface area contributed by atoms with Gasteiger partial charge in [-0.15, -0.1) is 0 Å². The van der Waals surface area contributed by atoms with E-state index in [1.54, 1.807) is 12.1 Å². The molecule has 0 radical (unpaired) electrons. The van der Waals surface area contributed by atoms with Crippen molar-refractivity contribution >= 4 is 5.69 Å². The highest BCUT2D eigenvalue weighted by molar-refractivity contribution is 5.50. The minimum atomic E-state index is -0.448. The molecule has 0 unspecified atom stereocenters. The third-order valence-corrected chi connectivity index (χ3v) is 3.72. The van der Waals surface area contributed by atoms with Crippen LogP contribution >= 0.6 is 0 Å². The van der Waals surface area contributed by atoms with Gasteiger partial charge in [0.05, 0.1) is 17.1 Å². The van der Waals surface area contributed by atoms with E-state index in [9.17, 15) is 10.1 Å². The minimum Gasteiger partial charge on any atom is -0.492 e. The van der Waals surface area contributed by atoms with Crippen LogP contribution in [-0.4, -0.2) is 23.7 Å². The fourth-order valence-electron chi connectivity index (χ4n) is 2.51. The molecule has 1 fully saturated rings. The summed E-state index contributed by atoms with van der Waals surface area (Å²) in [5.74, 6) is 0.806. The van der Waals surface area contributed by atoms with E-state index in [1.807, 2.05) is 6.92 Å². The Kier molecular flexibility index (Phi) is 5.01. The van der Waals surface area contributed by atoms with E-state index in [0.717, 1.165) is 32.1 Å². The van der Waals surface area contributed by atoms with E-state index < -0.39 is 4.92 Å². The van der Waals surface area contributed by atoms with Crippen molar-refractivity contribution in [1.82, 2.24) is 0 Å². The topological polar surface area (TPSA) is 87.6 Å². The van der Waals surface area contributed by atoms with Gasteiger partial charge in [-0.2, -0.15) is 0 Å². The predicted octanol–water partition coefficient (Wildman–Crippen LogP) is 3.03. The number of hydrogen-bond acceptors (Lipinski definition) is 5. The van der Waals surface area contributed by atoms with Crippen molar-refractivity contribution < 1.29 is 14.4 Å². The number of nitrogens with two attached hydrogens (primary N) is 1. The van der Waals surface area contributed by atoms with E-state index >= 15 is 0 Å². The van der Waals surface area contributed by atoms with Crippen LogP contribution in [0.15, 0.2) is 18.2 Å². The van der Waals surface area contributed by atoms with Crippen LogP contribution in [0.4, 0.5) is 5.69 Å². The standard InChI is InChI=1S/C15H22N2O4/c1-2-9-20-14-10-12(5-6-13(14)17(18)19)21-11-15(16)7-3-4-8-15/h5-6,10H,2-4,7-9,11,16H2,1H3. The number of nitro benzene ring substituents is 1. The maximum Gasteiger partial charge on any atom is 0.311 e. The Morgan fingerprint density at radius 1 is 1.33 bits per heavy atom. The smallest absolute Gasteiger partial charge is 0.311 e. The molecule has 0 aliphatic heterocycles. The maximum atomic E-state index is 11.0. The van der Waals surface area contributed by atoms with Gasteiger partial charge in [0.15, 0.2) is 0 Å². The molecule has 1 aliphatic carbocycles. The lowest BCUT2D eigenvalue weighted by Crippen LogP contribution is -2.42. The van der Waals surface area contributed by atoms with Gasteiger partial charge < -0.3 is 15.2 Å². The van der Waals surface area contributed by atoms with Crippen molar-refractivity contribution in [3.63, 3.8) is 0 Å². The van der Waals surface area contributed by atoms with Crippen LogP contribution in [0.25, 0.3) is 0 Å². The Morgan fingerprint density at radius 2 is 2.05 bits per heavy atom. The fraction of sp³-hybridized carbons (Fsp3) is 0.600. The van der Waals surface area contributed by atoms with Crippen LogP contribution in [0.3, 0.4) is 0 Å². The van der Waals surface area contributed by atoms with E-state index in [-0.39, 0.29) is 17.0 Å². The number of benzene rings is 1. The molecule has 6 heteroatoms. The summed E-state index contributed by atoms with van der Waals surface area (Å²) in [6.45, 7) is 2.81. The number of nitrogens with zero attached hydrogens (tertiary/aromatic N) is 1. The number of nitro groups is 1. The molecule has 0 bridgehead atoms. The summed E-state index contributed by atoms with van der Waals surface area (Å²) in [6, 6.07) is 4.58. The highest BCUT2D eigenvalue weighted by Crippen LogP contribution is 2.33. The SMILES string of the molecule is CCCOc1cc(OCC2(N)CCCC2)ccc1[N+](=O)[O-]. The Balaban J connectivity index is 2.07. The lowest BCUT2D eigenvalue weighted by atomic mass is 10.0. The molecule has 116 valence electrons. The lowest BCUT2D eigenvalue weighted by Gasteiger charge is -2.23. The first-order valence-corrected chi connectivity index (χ1v) is 7.37. The molecule has 1 aromatic carbocycles. The van der Waals surface area contributed by atoms with Crippen LogP contribution in [-0.2, 0) is 0 Å². The predicted molar refractivity (Wildman–Crippen MR) is 79.8 cm³/mol. The number of hydrogen-bond donors (Lipinski definition) is 1. The summed E-state index contributed by atoms with van der Waals surface area (Å²) in [5, 5.41) is 11.0. The number of rotatable bonds is 7. The average molecular weight is 294 g/mol. The highest BCUT2D eigenvalue weighted by atomic mass is 16.6. The molecule has 0 aromatic heterocycles. The van der Waals surface area contributed by atoms with E-state index in [2.05, 4.69) is 0 Å². The first-order valence-electron chi connectivity index (χ1n) is 7.37. The summed E-state index contributed by atoms with van der Waals surface area (Å²) >= 11 is 0. The zero-order valence-corrected chi connectivity index (χ0v) is 12.3. The summed E-state index contributed by atoms with van der Waals surface area (Å²) in [7, 11) is 0. The van der Waals surface area contributed by atoms with Gasteiger partial charge in [-0.3, -0.25) is 10.1 Å². The van der Waals surface area contributed by atoms with Gasteiger partial charge in [0, 0.05) is 12.1 Å². The van der Waals surface area contributed by atoms with Crippen molar-refractivity contribution in [3.8, 4) is 11.5 Å². The van der Waals surface area contributed by atoms with Gasteiger partial charge >= 0.3 is 5.69 Å². The second-order valence-electron chi connectivity index (χ2n) is 5.59. The van der Waals surface area contributed by atoms with Crippen LogP contribution in [0, 0.1) is 10.1 Å². The molecular formula is C15H22N2O4. The summed E-state index contributed by atoms with van der Waals surface area (Å²) in [5.41, 5.74) is 5.92. The fourth-order valence-corrected chi connectivity index (χ4v) is 2.51. The molecule has 2 rings (SSSR count). The zero-order chi connectivity index (χ0) is 15.3. The summed E-state index contributed by atoms with van der Waals surface area (Å²) in [6.07, 6.45) is 4.96. The molecule has 1 aliphatic rings. The van der Waals surface area contributed by atoms with Gasteiger partial charge in [-0.05, 0) is 25.3 Å². The third-order valence-electron chi connectivity index (χ3n) is 3.72. The van der Waals surface area contributed by atoms with E-state index in [4.69, 9.17) is 15.2 Å². The van der Waals surface area contributed by atoms with Crippen molar-refractivity contribution in [1.29, 1.82) is 0 Å². The van der Waals surface area contributed by atoms with Crippen molar-refractivity contribution in [2.24, 2.45) is 5.73 Å². The summed E-state index contributed by atoms with van der Waals surface area (Å²) < 4.78 is 11.2. The summed E-state index contributed by atoms with van der Waals surface area (Å²) in [4.78, 5) is 10.5. The van der Waals surface area contributed by atoms with Crippen LogP contribution < -0.4 is 15.2 Å². The van der Waals surface area contributed by atoms with Gasteiger partial charge in [0.1, 0.15) is 12.4 Å². The molecule has 0 amide bonds. The first kappa shape index (κ1) is 15.6. The molecule has 0 spiro atoms. The van der Waals surface area contributed by atoms with Gasteiger partial charge in [0.25, 0.3) is 0 Å². The van der Waals surface area contributed by atoms with Gasteiger partial charge in [-0.25, -0.2) is 0 Å². The molecule has 0 heterocycles. The second-order valence-corrected chi connectivity index (χ2v) is 5.59. The molecule has 0 atom stereocenters. The Hall–Kier alpha value is -1.82. The monoisotopic (exact) mass is 294 g/mol. The number of ether oxygens (including phenoxy) is 2. The molecule has 1 aromatic rings.